The second-order valence-electron chi connectivity index (χ2n) is 18.0. The normalized spacial score (nSPS) is 15.4. The highest BCUT2D eigenvalue weighted by molar-refractivity contribution is 6.06. The zero-order chi connectivity index (χ0) is 40.4. The van der Waals surface area contributed by atoms with Gasteiger partial charge in [-0.1, -0.05) is 198 Å². The zero-order valence-electron chi connectivity index (χ0n) is 34.5. The Hall–Kier alpha value is -6.96. The lowest BCUT2D eigenvalue weighted by Gasteiger charge is -2.35. The van der Waals surface area contributed by atoms with Crippen LogP contribution in [0.15, 0.2) is 200 Å². The fourth-order valence-electron chi connectivity index (χ4n) is 11.7. The smallest absolute Gasteiger partial charge is 0.0714 e. The van der Waals surface area contributed by atoms with E-state index in [9.17, 15) is 0 Å². The first-order valence-electron chi connectivity index (χ1n) is 21.4. The number of hydrogen-bond donors (Lipinski definition) is 0. The van der Waals surface area contributed by atoms with E-state index in [1.807, 2.05) is 0 Å². The number of fused-ring (bicyclic) bond motifs is 11. The third kappa shape index (κ3) is 4.58. The lowest BCUT2D eigenvalue weighted by atomic mass is 9.67. The summed E-state index contributed by atoms with van der Waals surface area (Å²) in [5.74, 6) is 0. The number of nitrogens with zero attached hydrogens (tertiary/aromatic N) is 1. The van der Waals surface area contributed by atoms with Gasteiger partial charge in [0.25, 0.3) is 0 Å². The summed E-state index contributed by atoms with van der Waals surface area (Å²) >= 11 is 0. The van der Waals surface area contributed by atoms with Gasteiger partial charge in [-0.3, -0.25) is 0 Å². The standard InChI is InChI=1S/C59H45N/c1-57(2)49-29-14-10-27-46(49)48-37-42(33-34-51(48)57)60(54-35-38-19-8-9-24-43(38)56-55(54)47-28-13-15-30-50(47)58(56,3)4)41-23-18-22-40(36-41)59(39-20-6-5-7-21-39)52-31-16-11-25-44(52)45-26-12-17-32-53(45)59/h5-37H,1-4H3. The van der Waals surface area contributed by atoms with E-state index in [2.05, 4.69) is 233 Å². The molecule has 60 heavy (non-hydrogen) atoms. The SMILES string of the molecule is CC1(C)c2ccccc2-c2cc(N(c3cccc(C4(c5ccccc5)c5ccccc5-c5ccccc54)c3)c3cc4ccccc4c4c3-c3ccccc3C4(C)C)ccc21. The van der Waals surface area contributed by atoms with Gasteiger partial charge in [0.2, 0.25) is 0 Å². The number of anilines is 3. The van der Waals surface area contributed by atoms with Gasteiger partial charge in [0.1, 0.15) is 0 Å². The molecule has 3 aliphatic carbocycles. The maximum absolute atomic E-state index is 2.58. The van der Waals surface area contributed by atoms with Crippen LogP contribution in [-0.2, 0) is 16.2 Å². The van der Waals surface area contributed by atoms with Crippen molar-refractivity contribution in [3.8, 4) is 33.4 Å². The monoisotopic (exact) mass is 767 g/mol. The van der Waals surface area contributed by atoms with E-state index in [-0.39, 0.29) is 10.8 Å². The quantitative estimate of drug-likeness (QED) is 0.169. The molecule has 0 amide bonds. The molecule has 0 fully saturated rings. The summed E-state index contributed by atoms with van der Waals surface area (Å²) in [5.41, 5.74) is 21.2. The van der Waals surface area contributed by atoms with Gasteiger partial charge < -0.3 is 4.90 Å². The zero-order valence-corrected chi connectivity index (χ0v) is 34.5. The fraction of sp³-hybridized carbons (Fsp3) is 0.119. The van der Waals surface area contributed by atoms with Crippen LogP contribution in [0.25, 0.3) is 44.2 Å². The molecule has 0 heterocycles. The van der Waals surface area contributed by atoms with Crippen molar-refractivity contribution < 1.29 is 0 Å². The Morgan fingerprint density at radius 3 is 1.57 bits per heavy atom. The van der Waals surface area contributed by atoms with Crippen LogP contribution in [0.4, 0.5) is 17.1 Å². The van der Waals surface area contributed by atoms with Crippen molar-refractivity contribution in [2.45, 2.75) is 43.9 Å². The molecule has 9 aromatic carbocycles. The molecule has 3 aliphatic rings. The van der Waals surface area contributed by atoms with Gasteiger partial charge in [-0.25, -0.2) is 0 Å². The number of hydrogen-bond acceptors (Lipinski definition) is 1. The van der Waals surface area contributed by atoms with Crippen molar-refractivity contribution in [1.82, 2.24) is 0 Å². The molecule has 0 N–H and O–H groups in total. The van der Waals surface area contributed by atoms with Crippen molar-refractivity contribution in [2.24, 2.45) is 0 Å². The molecule has 0 aliphatic heterocycles. The highest BCUT2D eigenvalue weighted by atomic mass is 15.1. The lowest BCUT2D eigenvalue weighted by Crippen LogP contribution is -2.28. The van der Waals surface area contributed by atoms with E-state index >= 15 is 0 Å². The van der Waals surface area contributed by atoms with Gasteiger partial charge in [-0.15, -0.1) is 0 Å². The Morgan fingerprint density at radius 1 is 0.350 bits per heavy atom. The Morgan fingerprint density at radius 2 is 0.867 bits per heavy atom. The maximum Gasteiger partial charge on any atom is 0.0714 e. The van der Waals surface area contributed by atoms with Gasteiger partial charge >= 0.3 is 0 Å². The van der Waals surface area contributed by atoms with E-state index < -0.39 is 5.41 Å². The predicted molar refractivity (Wildman–Crippen MR) is 251 cm³/mol. The number of benzene rings is 9. The summed E-state index contributed by atoms with van der Waals surface area (Å²) in [5, 5.41) is 2.57. The summed E-state index contributed by atoms with van der Waals surface area (Å²) in [6.07, 6.45) is 0. The minimum Gasteiger partial charge on any atom is -0.310 e. The number of rotatable bonds is 5. The van der Waals surface area contributed by atoms with Crippen LogP contribution >= 0.6 is 0 Å². The van der Waals surface area contributed by atoms with E-state index in [0.29, 0.717) is 0 Å². The molecule has 0 radical (unpaired) electrons. The Balaban J connectivity index is 1.18. The third-order valence-corrected chi connectivity index (χ3v) is 14.3. The van der Waals surface area contributed by atoms with Crippen molar-refractivity contribution in [3.05, 3.63) is 245 Å². The maximum atomic E-state index is 2.58. The highest BCUT2D eigenvalue weighted by Gasteiger charge is 2.46. The molecule has 0 saturated carbocycles. The molecule has 0 atom stereocenters. The lowest BCUT2D eigenvalue weighted by molar-refractivity contribution is 0.660. The van der Waals surface area contributed by atoms with E-state index in [1.165, 1.54) is 94.3 Å². The fourth-order valence-corrected chi connectivity index (χ4v) is 11.7. The minimum absolute atomic E-state index is 0.0896. The molecule has 1 heteroatoms. The summed E-state index contributed by atoms with van der Waals surface area (Å²) in [6, 6.07) is 75.5. The van der Waals surface area contributed by atoms with Gasteiger partial charge in [-0.05, 0) is 113 Å². The Labute approximate surface area is 353 Å². The van der Waals surface area contributed by atoms with Crippen LogP contribution in [-0.4, -0.2) is 0 Å². The van der Waals surface area contributed by atoms with Gasteiger partial charge in [0.15, 0.2) is 0 Å². The molecule has 0 bridgehead atoms. The van der Waals surface area contributed by atoms with E-state index in [0.717, 1.165) is 11.4 Å². The molecule has 286 valence electrons. The van der Waals surface area contributed by atoms with Gasteiger partial charge in [0.05, 0.1) is 11.1 Å². The summed E-state index contributed by atoms with van der Waals surface area (Å²) in [4.78, 5) is 2.58. The van der Waals surface area contributed by atoms with Crippen LogP contribution in [0.1, 0.15) is 72.2 Å². The van der Waals surface area contributed by atoms with Crippen LogP contribution in [0, 0.1) is 0 Å². The first kappa shape index (κ1) is 35.0. The molecule has 9 aromatic rings. The van der Waals surface area contributed by atoms with Crippen LogP contribution in [0.3, 0.4) is 0 Å². The topological polar surface area (TPSA) is 3.24 Å². The summed E-state index contributed by atoms with van der Waals surface area (Å²) in [6.45, 7) is 9.56. The van der Waals surface area contributed by atoms with Crippen molar-refractivity contribution in [2.75, 3.05) is 4.90 Å². The van der Waals surface area contributed by atoms with Crippen LogP contribution < -0.4 is 4.90 Å². The molecule has 12 rings (SSSR count). The van der Waals surface area contributed by atoms with Crippen molar-refractivity contribution in [3.63, 3.8) is 0 Å². The molecule has 0 unspecified atom stereocenters. The van der Waals surface area contributed by atoms with Gasteiger partial charge in [-0.2, -0.15) is 0 Å². The summed E-state index contributed by atoms with van der Waals surface area (Å²) in [7, 11) is 0. The third-order valence-electron chi connectivity index (χ3n) is 14.3. The van der Waals surface area contributed by atoms with Crippen molar-refractivity contribution >= 4 is 27.8 Å². The Bertz CT molecular complexity index is 3170. The summed E-state index contributed by atoms with van der Waals surface area (Å²) < 4.78 is 0. The first-order chi connectivity index (χ1) is 29.3. The van der Waals surface area contributed by atoms with Crippen LogP contribution in [0.5, 0.6) is 0 Å². The largest absolute Gasteiger partial charge is 0.310 e. The average Bonchev–Trinajstić information content (AvgIpc) is 3.82. The second-order valence-corrected chi connectivity index (χ2v) is 18.0. The van der Waals surface area contributed by atoms with Gasteiger partial charge in [0, 0.05) is 27.8 Å². The molecule has 0 aromatic heterocycles. The molecule has 0 spiro atoms. The first-order valence-corrected chi connectivity index (χ1v) is 21.4. The van der Waals surface area contributed by atoms with E-state index in [4.69, 9.17) is 0 Å². The second kappa shape index (κ2) is 12.5. The van der Waals surface area contributed by atoms with Crippen molar-refractivity contribution in [1.29, 1.82) is 0 Å². The Kier molecular flexibility index (Phi) is 7.31. The van der Waals surface area contributed by atoms with Crippen LogP contribution in [0.2, 0.25) is 0 Å². The molecular formula is C59H45N. The molecule has 1 nitrogen and oxygen atoms in total. The molecule has 0 saturated heterocycles. The molecular weight excluding hydrogens is 723 g/mol. The highest BCUT2D eigenvalue weighted by Crippen LogP contribution is 2.60. The predicted octanol–water partition coefficient (Wildman–Crippen LogP) is 15.3. The average molecular weight is 768 g/mol. The minimum atomic E-state index is -0.517. The van der Waals surface area contributed by atoms with E-state index in [1.54, 1.807) is 0 Å².